The molecule has 21 heavy (non-hydrogen) atoms. The van der Waals surface area contributed by atoms with Crippen LogP contribution in [0.3, 0.4) is 0 Å². The van der Waals surface area contributed by atoms with Crippen molar-refractivity contribution in [1.82, 2.24) is 0 Å². The van der Waals surface area contributed by atoms with Crippen LogP contribution < -0.4 is 0 Å². The number of aryl methyl sites for hydroxylation is 1. The van der Waals surface area contributed by atoms with Gasteiger partial charge in [-0.1, -0.05) is 29.8 Å². The molecule has 4 nitrogen and oxygen atoms in total. The van der Waals surface area contributed by atoms with Gasteiger partial charge in [0.2, 0.25) is 0 Å². The summed E-state index contributed by atoms with van der Waals surface area (Å²) in [7, 11) is 0. The van der Waals surface area contributed by atoms with Gasteiger partial charge in [0.15, 0.2) is 0 Å². The van der Waals surface area contributed by atoms with Crippen LogP contribution in [0.15, 0.2) is 46.4 Å². The first kappa shape index (κ1) is 14.6. The second kappa shape index (κ2) is 6.58. The zero-order chi connectivity index (χ0) is 15.2. The summed E-state index contributed by atoms with van der Waals surface area (Å²) < 4.78 is 10.4. The normalized spacial score (nSPS) is 11.0. The van der Waals surface area contributed by atoms with Crippen LogP contribution in [-0.2, 0) is 9.53 Å². The number of rotatable bonds is 4. The van der Waals surface area contributed by atoms with E-state index in [0.29, 0.717) is 11.5 Å². The summed E-state index contributed by atoms with van der Waals surface area (Å²) in [5.41, 5.74) is 2.02. The van der Waals surface area contributed by atoms with E-state index in [1.165, 1.54) is 11.6 Å². The summed E-state index contributed by atoms with van der Waals surface area (Å²) in [6.07, 6.45) is 1.38. The summed E-state index contributed by atoms with van der Waals surface area (Å²) in [5, 5.41) is 8.98. The first-order valence-electron chi connectivity index (χ1n) is 6.60. The SMILES string of the molecule is CCOC(=O)/C(C#N)=C/c1ccc(-c2ccc(C)cc2)o1. The fourth-order valence-corrected chi connectivity index (χ4v) is 1.79. The molecule has 106 valence electrons. The highest BCUT2D eigenvalue weighted by molar-refractivity contribution is 5.97. The monoisotopic (exact) mass is 281 g/mol. The zero-order valence-corrected chi connectivity index (χ0v) is 11.9. The summed E-state index contributed by atoms with van der Waals surface area (Å²) >= 11 is 0. The van der Waals surface area contributed by atoms with Crippen molar-refractivity contribution >= 4 is 12.0 Å². The average Bonchev–Trinajstić information content (AvgIpc) is 2.94. The molecule has 0 amide bonds. The molecule has 0 bridgehead atoms. The quantitative estimate of drug-likeness (QED) is 0.486. The van der Waals surface area contributed by atoms with Crippen LogP contribution in [0, 0.1) is 18.3 Å². The van der Waals surface area contributed by atoms with E-state index in [1.54, 1.807) is 19.1 Å². The number of nitrogens with zero attached hydrogens (tertiary/aromatic N) is 1. The Balaban J connectivity index is 2.25. The van der Waals surface area contributed by atoms with Gasteiger partial charge in [-0.05, 0) is 26.0 Å². The van der Waals surface area contributed by atoms with Crippen LogP contribution in [0.1, 0.15) is 18.2 Å². The number of hydrogen-bond acceptors (Lipinski definition) is 4. The van der Waals surface area contributed by atoms with Crippen molar-refractivity contribution in [3.63, 3.8) is 0 Å². The second-order valence-corrected chi connectivity index (χ2v) is 4.46. The van der Waals surface area contributed by atoms with E-state index >= 15 is 0 Å². The van der Waals surface area contributed by atoms with E-state index in [4.69, 9.17) is 14.4 Å². The molecule has 1 heterocycles. The first-order valence-corrected chi connectivity index (χ1v) is 6.60. The molecule has 1 aromatic carbocycles. The van der Waals surface area contributed by atoms with Crippen molar-refractivity contribution in [3.05, 3.63) is 53.3 Å². The summed E-state index contributed by atoms with van der Waals surface area (Å²) in [6.45, 7) is 3.93. The van der Waals surface area contributed by atoms with Crippen molar-refractivity contribution in [2.75, 3.05) is 6.61 Å². The number of hydrogen-bond donors (Lipinski definition) is 0. The second-order valence-electron chi connectivity index (χ2n) is 4.46. The molecule has 0 atom stereocenters. The molecule has 0 fully saturated rings. The molecule has 0 radical (unpaired) electrons. The summed E-state index contributed by atoms with van der Waals surface area (Å²) in [4.78, 5) is 11.5. The lowest BCUT2D eigenvalue weighted by molar-refractivity contribution is -0.137. The minimum absolute atomic E-state index is 0.0818. The zero-order valence-electron chi connectivity index (χ0n) is 11.9. The molecule has 0 unspecified atom stereocenters. The van der Waals surface area contributed by atoms with Gasteiger partial charge in [0.25, 0.3) is 0 Å². The van der Waals surface area contributed by atoms with E-state index in [-0.39, 0.29) is 12.2 Å². The Hall–Kier alpha value is -2.80. The third-order valence-corrected chi connectivity index (χ3v) is 2.87. The van der Waals surface area contributed by atoms with Crippen LogP contribution in [0.2, 0.25) is 0 Å². The Kier molecular flexibility index (Phi) is 4.57. The number of carbonyl (C=O) groups is 1. The maximum Gasteiger partial charge on any atom is 0.349 e. The fraction of sp³-hybridized carbons (Fsp3) is 0.176. The number of furan rings is 1. The standard InChI is InChI=1S/C17H15NO3/c1-3-20-17(19)14(11-18)10-15-8-9-16(21-15)13-6-4-12(2)5-7-13/h4-10H,3H2,1-2H3/b14-10+. The Morgan fingerprint density at radius 2 is 2.00 bits per heavy atom. The molecule has 0 saturated heterocycles. The predicted molar refractivity (Wildman–Crippen MR) is 79.1 cm³/mol. The fourth-order valence-electron chi connectivity index (χ4n) is 1.79. The van der Waals surface area contributed by atoms with Crippen LogP contribution >= 0.6 is 0 Å². The molecule has 0 aliphatic carbocycles. The Bertz CT molecular complexity index is 702. The summed E-state index contributed by atoms with van der Waals surface area (Å²) in [5.74, 6) is 0.478. The predicted octanol–water partition coefficient (Wildman–Crippen LogP) is 3.73. The highest BCUT2D eigenvalue weighted by Gasteiger charge is 2.11. The molecule has 1 aromatic heterocycles. The van der Waals surface area contributed by atoms with E-state index in [2.05, 4.69) is 0 Å². The minimum atomic E-state index is -0.645. The van der Waals surface area contributed by atoms with Crippen LogP contribution in [0.4, 0.5) is 0 Å². The molecule has 2 rings (SSSR count). The van der Waals surface area contributed by atoms with Gasteiger partial charge in [0.05, 0.1) is 6.61 Å². The van der Waals surface area contributed by atoms with E-state index in [1.807, 2.05) is 37.3 Å². The molecule has 0 spiro atoms. The Labute approximate surface area is 123 Å². The van der Waals surface area contributed by atoms with Gasteiger partial charge in [0, 0.05) is 11.6 Å². The van der Waals surface area contributed by atoms with Gasteiger partial charge in [0.1, 0.15) is 23.2 Å². The number of benzene rings is 1. The Morgan fingerprint density at radius 1 is 1.29 bits per heavy atom. The maximum absolute atomic E-state index is 11.5. The smallest absolute Gasteiger partial charge is 0.349 e. The highest BCUT2D eigenvalue weighted by Crippen LogP contribution is 2.23. The van der Waals surface area contributed by atoms with Crippen molar-refractivity contribution in [1.29, 1.82) is 5.26 Å². The van der Waals surface area contributed by atoms with Gasteiger partial charge >= 0.3 is 5.97 Å². The van der Waals surface area contributed by atoms with Gasteiger partial charge in [-0.15, -0.1) is 0 Å². The van der Waals surface area contributed by atoms with Crippen LogP contribution in [0.25, 0.3) is 17.4 Å². The third kappa shape index (κ3) is 3.61. The average molecular weight is 281 g/mol. The summed E-state index contributed by atoms with van der Waals surface area (Å²) in [6, 6.07) is 13.2. The molecule has 2 aromatic rings. The number of ether oxygens (including phenoxy) is 1. The van der Waals surface area contributed by atoms with Crippen molar-refractivity contribution < 1.29 is 13.9 Å². The minimum Gasteiger partial charge on any atom is -0.462 e. The lowest BCUT2D eigenvalue weighted by Gasteiger charge is -1.99. The van der Waals surface area contributed by atoms with Crippen LogP contribution in [-0.4, -0.2) is 12.6 Å². The van der Waals surface area contributed by atoms with Crippen LogP contribution in [0.5, 0.6) is 0 Å². The molecular formula is C17H15NO3. The maximum atomic E-state index is 11.5. The topological polar surface area (TPSA) is 63.2 Å². The molecule has 0 aliphatic heterocycles. The number of nitriles is 1. The van der Waals surface area contributed by atoms with Gasteiger partial charge in [-0.2, -0.15) is 5.26 Å². The first-order chi connectivity index (χ1) is 10.1. The number of carbonyl (C=O) groups excluding carboxylic acids is 1. The largest absolute Gasteiger partial charge is 0.462 e. The third-order valence-electron chi connectivity index (χ3n) is 2.87. The van der Waals surface area contributed by atoms with Gasteiger partial charge in [-0.25, -0.2) is 4.79 Å². The van der Waals surface area contributed by atoms with Crippen molar-refractivity contribution in [2.24, 2.45) is 0 Å². The molecule has 0 N–H and O–H groups in total. The molecule has 4 heteroatoms. The molecule has 0 saturated carbocycles. The lowest BCUT2D eigenvalue weighted by atomic mass is 10.1. The van der Waals surface area contributed by atoms with Gasteiger partial charge < -0.3 is 9.15 Å². The van der Waals surface area contributed by atoms with Crippen molar-refractivity contribution in [3.8, 4) is 17.4 Å². The van der Waals surface area contributed by atoms with E-state index in [0.717, 1.165) is 5.56 Å². The van der Waals surface area contributed by atoms with Gasteiger partial charge in [-0.3, -0.25) is 0 Å². The highest BCUT2D eigenvalue weighted by atomic mass is 16.5. The van der Waals surface area contributed by atoms with E-state index in [9.17, 15) is 4.79 Å². The molecular weight excluding hydrogens is 266 g/mol. The van der Waals surface area contributed by atoms with Crippen molar-refractivity contribution in [2.45, 2.75) is 13.8 Å². The lowest BCUT2D eigenvalue weighted by Crippen LogP contribution is -2.05. The Morgan fingerprint density at radius 3 is 2.62 bits per heavy atom. The van der Waals surface area contributed by atoms with E-state index < -0.39 is 5.97 Å². The molecule has 0 aliphatic rings. The number of esters is 1.